The van der Waals surface area contributed by atoms with Crippen molar-refractivity contribution in [2.75, 3.05) is 38.5 Å². The highest BCUT2D eigenvalue weighted by molar-refractivity contribution is 6.03. The molecule has 2 heterocycles. The number of likely N-dealkylation sites (N-methyl/N-ethyl adjacent to an activating group) is 1. The zero-order valence-corrected chi connectivity index (χ0v) is 17.2. The molecule has 0 saturated carbocycles. The molecule has 1 aliphatic heterocycles. The molecule has 1 amide bonds. The van der Waals surface area contributed by atoms with Crippen molar-refractivity contribution in [1.82, 2.24) is 14.8 Å². The van der Waals surface area contributed by atoms with Crippen molar-refractivity contribution in [2.24, 2.45) is 0 Å². The number of rotatable bonds is 4. The van der Waals surface area contributed by atoms with Crippen LogP contribution < -0.4 is 5.32 Å². The van der Waals surface area contributed by atoms with Crippen LogP contribution in [0.2, 0.25) is 0 Å². The minimum atomic E-state index is -0.244. The Balaban J connectivity index is 1.65. The molecule has 0 spiro atoms. The molecule has 1 aromatic heterocycles. The molecule has 5 nitrogen and oxygen atoms in total. The van der Waals surface area contributed by atoms with Crippen molar-refractivity contribution < 1.29 is 9.18 Å². The molecule has 6 heteroatoms. The molecule has 0 unspecified atom stereocenters. The number of H-pyrrole nitrogens is 1. The number of anilines is 1. The summed E-state index contributed by atoms with van der Waals surface area (Å²) in [5.41, 5.74) is 5.81. The summed E-state index contributed by atoms with van der Waals surface area (Å²) in [6, 6.07) is 10.4. The molecular formula is C23H27FN4O. The highest BCUT2D eigenvalue weighted by Crippen LogP contribution is 2.30. The van der Waals surface area contributed by atoms with Gasteiger partial charge in [-0.25, -0.2) is 4.39 Å². The van der Waals surface area contributed by atoms with E-state index in [-0.39, 0.29) is 11.7 Å². The van der Waals surface area contributed by atoms with E-state index in [0.717, 1.165) is 59.6 Å². The quantitative estimate of drug-likeness (QED) is 0.705. The SMILES string of the molecule is Cc1[nH]c2c(NCc3ccc(F)cc3)cc(C(=O)N3CCN(C)CC3)cc2c1C. The van der Waals surface area contributed by atoms with Crippen LogP contribution in [-0.4, -0.2) is 53.9 Å². The number of fused-ring (bicyclic) bond motifs is 1. The lowest BCUT2D eigenvalue weighted by atomic mass is 10.1. The molecule has 0 radical (unpaired) electrons. The number of aromatic nitrogens is 1. The maximum absolute atomic E-state index is 13.2. The molecule has 29 heavy (non-hydrogen) atoms. The zero-order valence-electron chi connectivity index (χ0n) is 17.2. The van der Waals surface area contributed by atoms with Gasteiger partial charge in [0.15, 0.2) is 0 Å². The summed E-state index contributed by atoms with van der Waals surface area (Å²) < 4.78 is 13.2. The van der Waals surface area contributed by atoms with Crippen LogP contribution in [0.3, 0.4) is 0 Å². The van der Waals surface area contributed by atoms with Crippen LogP contribution in [-0.2, 0) is 6.54 Å². The third-order valence-corrected chi connectivity index (χ3v) is 5.85. The van der Waals surface area contributed by atoms with Crippen molar-refractivity contribution in [2.45, 2.75) is 20.4 Å². The third-order valence-electron chi connectivity index (χ3n) is 5.85. The summed E-state index contributed by atoms with van der Waals surface area (Å²) in [6.45, 7) is 7.95. The second-order valence-corrected chi connectivity index (χ2v) is 7.90. The van der Waals surface area contributed by atoms with Gasteiger partial charge in [0.2, 0.25) is 0 Å². The summed E-state index contributed by atoms with van der Waals surface area (Å²) in [5, 5.41) is 4.50. The molecular weight excluding hydrogens is 367 g/mol. The van der Waals surface area contributed by atoms with Crippen LogP contribution in [0.15, 0.2) is 36.4 Å². The number of amides is 1. The van der Waals surface area contributed by atoms with E-state index in [1.807, 2.05) is 24.0 Å². The lowest BCUT2D eigenvalue weighted by Crippen LogP contribution is -2.47. The number of aromatic amines is 1. The molecule has 152 valence electrons. The first-order chi connectivity index (χ1) is 13.9. The standard InChI is InChI=1S/C23H27FN4O/c1-15-16(2)26-22-20(15)12-18(23(29)28-10-8-27(3)9-11-28)13-21(22)25-14-17-4-6-19(24)7-5-17/h4-7,12-13,25-26H,8-11,14H2,1-3H3. The molecule has 1 fully saturated rings. The Hall–Kier alpha value is -2.86. The second-order valence-electron chi connectivity index (χ2n) is 7.90. The summed E-state index contributed by atoms with van der Waals surface area (Å²) in [6.07, 6.45) is 0. The van der Waals surface area contributed by atoms with E-state index in [2.05, 4.69) is 29.2 Å². The van der Waals surface area contributed by atoms with Crippen LogP contribution in [0.25, 0.3) is 10.9 Å². The predicted octanol–water partition coefficient (Wildman–Crippen LogP) is 3.92. The number of hydrogen-bond acceptors (Lipinski definition) is 3. The summed E-state index contributed by atoms with van der Waals surface area (Å²) in [7, 11) is 2.08. The molecule has 0 bridgehead atoms. The largest absolute Gasteiger partial charge is 0.379 e. The van der Waals surface area contributed by atoms with E-state index < -0.39 is 0 Å². The van der Waals surface area contributed by atoms with E-state index in [1.165, 1.54) is 12.1 Å². The van der Waals surface area contributed by atoms with Crippen LogP contribution in [0.4, 0.5) is 10.1 Å². The number of benzene rings is 2. The lowest BCUT2D eigenvalue weighted by molar-refractivity contribution is 0.0664. The highest BCUT2D eigenvalue weighted by Gasteiger charge is 2.22. The number of aryl methyl sites for hydroxylation is 2. The average Bonchev–Trinajstić information content (AvgIpc) is 3.01. The summed E-state index contributed by atoms with van der Waals surface area (Å²) in [4.78, 5) is 20.8. The third kappa shape index (κ3) is 3.98. The van der Waals surface area contributed by atoms with E-state index in [0.29, 0.717) is 12.1 Å². The Morgan fingerprint density at radius 1 is 1.10 bits per heavy atom. The predicted molar refractivity (Wildman–Crippen MR) is 115 cm³/mol. The highest BCUT2D eigenvalue weighted by atomic mass is 19.1. The Labute approximate surface area is 170 Å². The van der Waals surface area contributed by atoms with Crippen molar-refractivity contribution in [3.63, 3.8) is 0 Å². The van der Waals surface area contributed by atoms with Gasteiger partial charge in [0, 0.05) is 49.4 Å². The summed E-state index contributed by atoms with van der Waals surface area (Å²) in [5.74, 6) is -0.172. The monoisotopic (exact) mass is 394 g/mol. The molecule has 0 aliphatic carbocycles. The minimum Gasteiger partial charge on any atom is -0.379 e. The first-order valence-electron chi connectivity index (χ1n) is 10.0. The Morgan fingerprint density at radius 3 is 2.48 bits per heavy atom. The first-order valence-corrected chi connectivity index (χ1v) is 10.0. The van der Waals surface area contributed by atoms with E-state index in [1.54, 1.807) is 12.1 Å². The van der Waals surface area contributed by atoms with Crippen molar-refractivity contribution in [1.29, 1.82) is 0 Å². The Kier molecular flexibility index (Phi) is 5.28. The number of carbonyl (C=O) groups is 1. The summed E-state index contributed by atoms with van der Waals surface area (Å²) >= 11 is 0. The normalized spacial score (nSPS) is 15.1. The van der Waals surface area contributed by atoms with Gasteiger partial charge in [-0.05, 0) is 56.3 Å². The first kappa shape index (κ1) is 19.5. The Morgan fingerprint density at radius 2 is 1.79 bits per heavy atom. The number of halogens is 1. The molecule has 3 aromatic rings. The molecule has 0 atom stereocenters. The topological polar surface area (TPSA) is 51.4 Å². The smallest absolute Gasteiger partial charge is 0.254 e. The van der Waals surface area contributed by atoms with Gasteiger partial charge in [-0.2, -0.15) is 0 Å². The number of hydrogen-bond donors (Lipinski definition) is 2. The van der Waals surface area contributed by atoms with Crippen molar-refractivity contribution in [3.05, 3.63) is 64.6 Å². The Bertz CT molecular complexity index is 1030. The fourth-order valence-corrected chi connectivity index (χ4v) is 3.81. The maximum Gasteiger partial charge on any atom is 0.254 e. The zero-order chi connectivity index (χ0) is 20.5. The fraction of sp³-hybridized carbons (Fsp3) is 0.348. The van der Waals surface area contributed by atoms with Gasteiger partial charge in [-0.3, -0.25) is 4.79 Å². The number of nitrogens with one attached hydrogen (secondary N) is 2. The number of carbonyl (C=O) groups excluding carboxylic acids is 1. The molecule has 1 aliphatic rings. The van der Waals surface area contributed by atoms with Gasteiger partial charge in [0.05, 0.1) is 11.2 Å². The number of piperazine rings is 1. The van der Waals surface area contributed by atoms with E-state index in [4.69, 9.17) is 0 Å². The van der Waals surface area contributed by atoms with Crippen LogP contribution in [0.1, 0.15) is 27.2 Å². The van der Waals surface area contributed by atoms with Crippen molar-refractivity contribution >= 4 is 22.5 Å². The van der Waals surface area contributed by atoms with Gasteiger partial charge in [-0.15, -0.1) is 0 Å². The lowest BCUT2D eigenvalue weighted by Gasteiger charge is -2.32. The molecule has 4 rings (SSSR count). The fourth-order valence-electron chi connectivity index (χ4n) is 3.81. The maximum atomic E-state index is 13.2. The van der Waals surface area contributed by atoms with Gasteiger partial charge in [-0.1, -0.05) is 12.1 Å². The van der Waals surface area contributed by atoms with Crippen molar-refractivity contribution in [3.8, 4) is 0 Å². The second kappa shape index (κ2) is 7.87. The molecule has 2 aromatic carbocycles. The van der Waals surface area contributed by atoms with Crippen LogP contribution in [0.5, 0.6) is 0 Å². The van der Waals surface area contributed by atoms with Crippen LogP contribution in [0, 0.1) is 19.7 Å². The molecule has 2 N–H and O–H groups in total. The van der Waals surface area contributed by atoms with Gasteiger partial charge in [0.1, 0.15) is 5.82 Å². The number of nitrogens with zero attached hydrogens (tertiary/aromatic N) is 2. The van der Waals surface area contributed by atoms with Crippen LogP contribution >= 0.6 is 0 Å². The van der Waals surface area contributed by atoms with Gasteiger partial charge >= 0.3 is 0 Å². The van der Waals surface area contributed by atoms with E-state index >= 15 is 0 Å². The van der Waals surface area contributed by atoms with Gasteiger partial charge in [0.25, 0.3) is 5.91 Å². The molecule has 1 saturated heterocycles. The van der Waals surface area contributed by atoms with E-state index in [9.17, 15) is 9.18 Å². The average molecular weight is 394 g/mol. The van der Waals surface area contributed by atoms with Gasteiger partial charge < -0.3 is 20.1 Å². The minimum absolute atomic E-state index is 0.0723.